The minimum absolute atomic E-state index is 1.44. The second-order valence-electron chi connectivity index (χ2n) is 0.779. The van der Waals surface area contributed by atoms with E-state index in [0.29, 0.717) is 0 Å². The van der Waals surface area contributed by atoms with Gasteiger partial charge in [0, 0.05) is 11.2 Å². The highest BCUT2D eigenvalue weighted by atomic mass is 32.9. The first-order valence-corrected chi connectivity index (χ1v) is 5.59. The molecule has 0 aliphatic carbocycles. The summed E-state index contributed by atoms with van der Waals surface area (Å²) in [5.74, 6) is 0. The van der Waals surface area contributed by atoms with Crippen molar-refractivity contribution in [3.63, 3.8) is 0 Å². The summed E-state index contributed by atoms with van der Waals surface area (Å²) in [5.41, 5.74) is 0. The van der Waals surface area contributed by atoms with E-state index in [4.69, 9.17) is 31.9 Å². The second-order valence-corrected chi connectivity index (χ2v) is 3.64. The molecule has 11 heteroatoms. The zero-order valence-corrected chi connectivity index (χ0v) is 8.57. The van der Waals surface area contributed by atoms with Gasteiger partial charge in [-0.2, -0.15) is 13.7 Å². The number of thiocyanates is 1. The van der Waals surface area contributed by atoms with Crippen LogP contribution in [0.5, 0.6) is 0 Å². The van der Waals surface area contributed by atoms with Crippen LogP contribution in [0.15, 0.2) is 0 Å². The summed E-state index contributed by atoms with van der Waals surface area (Å²) in [6, 6.07) is 0. The summed E-state index contributed by atoms with van der Waals surface area (Å²) in [4.78, 5) is 0. The van der Waals surface area contributed by atoms with Crippen molar-refractivity contribution in [3.05, 3.63) is 0 Å². The average molecular weight is 255 g/mol. The molecule has 0 unspecified atom stereocenters. The van der Waals surface area contributed by atoms with Crippen LogP contribution in [0.1, 0.15) is 0 Å². The largest absolute Gasteiger partial charge is 0.299 e. The molecule has 74 valence electrons. The Bertz CT molecular complexity index is 225. The van der Waals surface area contributed by atoms with Crippen molar-refractivity contribution in [1.29, 1.82) is 5.26 Å². The molecular weight excluding hydrogens is 250 g/mol. The Balaban J connectivity index is -0.000000105. The molecular formula is CH5NO6S4. The van der Waals surface area contributed by atoms with Gasteiger partial charge in [0.25, 0.3) is 20.4 Å². The third-order valence-corrected chi connectivity index (χ3v) is 0. The second kappa shape index (κ2) is 11.2. The molecule has 0 heterocycles. The fraction of sp³-hybridized carbons (Fsp3) is 0. The first-order chi connectivity index (χ1) is 5.15. The van der Waals surface area contributed by atoms with E-state index in [0.717, 1.165) is 0 Å². The van der Waals surface area contributed by atoms with Crippen LogP contribution in [-0.4, -0.2) is 26.6 Å². The first-order valence-electron chi connectivity index (χ1n) is 1.68. The number of hydrogen-bond donors (Lipinski definition) is 5. The maximum atomic E-state index is 9.11. The molecule has 0 radical (unpaired) electrons. The van der Waals surface area contributed by atoms with Gasteiger partial charge in [-0.3, -0.25) is 18.2 Å². The highest BCUT2D eigenvalue weighted by Crippen LogP contribution is 1.62. The number of nitriles is 1. The van der Waals surface area contributed by atoms with Crippen molar-refractivity contribution < 1.29 is 26.6 Å². The normalized spacial score (nSPS) is 8.42. The molecule has 0 aliphatic rings. The van der Waals surface area contributed by atoms with Crippen molar-refractivity contribution in [1.82, 2.24) is 0 Å². The molecule has 0 aliphatic heterocycles. The van der Waals surface area contributed by atoms with Crippen LogP contribution in [0.4, 0.5) is 0 Å². The van der Waals surface area contributed by atoms with Crippen LogP contribution in [0.3, 0.4) is 0 Å². The highest BCUT2D eigenvalue weighted by molar-refractivity contribution is 8.26. The molecule has 0 bridgehead atoms. The predicted octanol–water partition coefficient (Wildman–Crippen LogP) is -0.243. The predicted molar refractivity (Wildman–Crippen MR) is 48.8 cm³/mol. The van der Waals surface area contributed by atoms with E-state index in [1.54, 1.807) is 0 Å². The van der Waals surface area contributed by atoms with Gasteiger partial charge >= 0.3 is 0 Å². The maximum absolute atomic E-state index is 9.11. The van der Waals surface area contributed by atoms with Gasteiger partial charge in [-0.05, 0) is 0 Å². The number of nitrogens with zero attached hydrogens (tertiary/aromatic N) is 1. The molecule has 0 saturated carbocycles. The van der Waals surface area contributed by atoms with Crippen LogP contribution in [0, 0.1) is 10.7 Å². The van der Waals surface area contributed by atoms with E-state index < -0.39 is 20.4 Å². The summed E-state index contributed by atoms with van der Waals surface area (Å²) in [6.07, 6.45) is 0. The van der Waals surface area contributed by atoms with Crippen molar-refractivity contribution in [2.75, 3.05) is 0 Å². The van der Waals surface area contributed by atoms with E-state index in [9.17, 15) is 0 Å². The van der Waals surface area contributed by atoms with Gasteiger partial charge < -0.3 is 0 Å². The summed E-state index contributed by atoms with van der Waals surface area (Å²) >= 11 is 3.95. The average Bonchev–Trinajstić information content (AvgIpc) is 1.56. The van der Waals surface area contributed by atoms with Crippen molar-refractivity contribution in [2.45, 2.75) is 0 Å². The summed E-state index contributed by atoms with van der Waals surface area (Å²) in [6.45, 7) is 0. The number of thiol groups is 1. The summed E-state index contributed by atoms with van der Waals surface area (Å²) in [7, 11) is -3.83. The smallest absolute Gasteiger partial charge is 0.285 e. The molecule has 4 N–H and O–H groups in total. The van der Waals surface area contributed by atoms with Gasteiger partial charge in [0.15, 0.2) is 0 Å². The third-order valence-electron chi connectivity index (χ3n) is 0. The van der Waals surface area contributed by atoms with Crippen LogP contribution in [-0.2, 0) is 31.6 Å². The number of hydrogen-bond acceptors (Lipinski definition) is 5. The molecule has 0 atom stereocenters. The quantitative estimate of drug-likeness (QED) is 0.227. The molecule has 12 heavy (non-hydrogen) atoms. The first kappa shape index (κ1) is 18.1. The number of rotatable bonds is 0. The van der Waals surface area contributed by atoms with E-state index in [1.807, 2.05) is 0 Å². The zero-order chi connectivity index (χ0) is 10.8. The minimum Gasteiger partial charge on any atom is -0.285 e. The van der Waals surface area contributed by atoms with Gasteiger partial charge in [-0.15, -0.1) is 0 Å². The SMILES string of the molecule is N#CS.O=S(O)(O)=S.O=S(O)O. The molecule has 0 saturated heterocycles. The van der Waals surface area contributed by atoms with E-state index >= 15 is 0 Å². The lowest BCUT2D eigenvalue weighted by Gasteiger charge is -1.73. The highest BCUT2D eigenvalue weighted by Gasteiger charge is 1.78. The third kappa shape index (κ3) is 21600. The van der Waals surface area contributed by atoms with Gasteiger partial charge in [0.1, 0.15) is 5.40 Å². The van der Waals surface area contributed by atoms with E-state index in [2.05, 4.69) is 23.8 Å². The van der Waals surface area contributed by atoms with Crippen molar-refractivity contribution in [2.24, 2.45) is 0 Å². The van der Waals surface area contributed by atoms with Crippen LogP contribution < -0.4 is 0 Å². The monoisotopic (exact) mass is 255 g/mol. The lowest BCUT2D eigenvalue weighted by molar-refractivity contribution is 0.449. The van der Waals surface area contributed by atoms with Crippen LogP contribution >= 0.6 is 12.6 Å². The molecule has 7 nitrogen and oxygen atoms in total. The molecule has 0 aromatic rings. The van der Waals surface area contributed by atoms with Crippen molar-refractivity contribution in [3.8, 4) is 5.40 Å². The molecule has 0 aromatic carbocycles. The maximum Gasteiger partial charge on any atom is 0.299 e. The van der Waals surface area contributed by atoms with Gasteiger partial charge in [-0.25, -0.2) is 0 Å². The molecule has 0 spiro atoms. The standard InChI is InChI=1S/CHNS.H2O3S2.H2O3S/c2-1-3;1-5(2,3)4;1-4(2)3/h3H;(H2,1,2,3,4);(H2,1,2,3). The Hall–Kier alpha value is 0.200. The summed E-state index contributed by atoms with van der Waals surface area (Å²) < 4.78 is 46.8. The minimum atomic E-state index is -3.83. The van der Waals surface area contributed by atoms with Crippen LogP contribution in [0.25, 0.3) is 0 Å². The van der Waals surface area contributed by atoms with Gasteiger partial charge in [0.05, 0.1) is 0 Å². The van der Waals surface area contributed by atoms with E-state index in [1.165, 1.54) is 5.40 Å². The Morgan fingerprint density at radius 1 is 1.50 bits per heavy atom. The Kier molecular flexibility index (Phi) is 16.9. The molecule has 0 fully saturated rings. The fourth-order valence-electron chi connectivity index (χ4n) is 0. The molecule has 0 rings (SSSR count). The Morgan fingerprint density at radius 2 is 1.50 bits per heavy atom. The van der Waals surface area contributed by atoms with Gasteiger partial charge in [-0.1, -0.05) is 12.6 Å². The Morgan fingerprint density at radius 3 is 1.50 bits per heavy atom. The van der Waals surface area contributed by atoms with Crippen LogP contribution in [0.2, 0.25) is 0 Å². The van der Waals surface area contributed by atoms with Gasteiger partial charge in [0.2, 0.25) is 0 Å². The Labute approximate surface area is 81.6 Å². The summed E-state index contributed by atoms with van der Waals surface area (Å²) in [5, 5.41) is 8.63. The van der Waals surface area contributed by atoms with Crippen molar-refractivity contribution >= 4 is 44.2 Å². The zero-order valence-electron chi connectivity index (χ0n) is 5.22. The fourth-order valence-corrected chi connectivity index (χ4v) is 0. The van der Waals surface area contributed by atoms with E-state index in [-0.39, 0.29) is 0 Å². The topological polar surface area (TPSA) is 139 Å². The lowest BCUT2D eigenvalue weighted by atomic mass is 11.8. The lowest BCUT2D eigenvalue weighted by Crippen LogP contribution is -1.86. The molecule has 0 amide bonds. The molecule has 0 aromatic heterocycles.